The average molecular weight is 870 g/mol. The maximum atomic E-state index is 14.0. The van der Waals surface area contributed by atoms with E-state index in [2.05, 4.69) is 35.9 Å². The van der Waals surface area contributed by atoms with Crippen LogP contribution in [0.3, 0.4) is 0 Å². The number of carbonyl (C=O) groups excluding carboxylic acids is 3. The maximum Gasteiger partial charge on any atom is 0.262 e. The van der Waals surface area contributed by atoms with Crippen LogP contribution in [0.25, 0.3) is 32.2 Å². The molecule has 18 heteroatoms. The number of carbonyl (C=O) groups is 3. The van der Waals surface area contributed by atoms with Gasteiger partial charge in [-0.25, -0.2) is 15.0 Å². The summed E-state index contributed by atoms with van der Waals surface area (Å²) in [4.78, 5) is 70.9. The Morgan fingerprint density at radius 3 is 2.61 bits per heavy atom. The molecule has 1 unspecified atom stereocenters. The summed E-state index contributed by atoms with van der Waals surface area (Å²) < 4.78 is 13.4. The van der Waals surface area contributed by atoms with Gasteiger partial charge in [0, 0.05) is 49.4 Å². The van der Waals surface area contributed by atoms with E-state index < -0.39 is 35.4 Å². The number of nitrogens with zero attached hydrogens (tertiary/aromatic N) is 5. The first kappa shape index (κ1) is 43.4. The van der Waals surface area contributed by atoms with Gasteiger partial charge in [0.1, 0.15) is 35.0 Å². The van der Waals surface area contributed by atoms with Crippen molar-refractivity contribution in [2.75, 3.05) is 38.3 Å². The molecule has 0 aliphatic carbocycles. The van der Waals surface area contributed by atoms with Crippen LogP contribution in [0.2, 0.25) is 5.15 Å². The Labute approximate surface area is 360 Å². The molecule has 6 aromatic rings. The number of nitrogens with one attached hydrogen (secondary N) is 4. The Balaban J connectivity index is 0.863. The zero-order chi connectivity index (χ0) is 43.3. The molecule has 0 spiro atoms. The first-order valence-electron chi connectivity index (χ1n) is 19.9. The minimum atomic E-state index is -0.976. The van der Waals surface area contributed by atoms with Crippen molar-refractivity contribution in [2.45, 2.75) is 65.4 Å². The highest BCUT2D eigenvalue weighted by molar-refractivity contribution is 7.13. The highest BCUT2D eigenvalue weighted by Crippen LogP contribution is 2.31. The Hall–Kier alpha value is -5.72. The largest absolute Gasteiger partial charge is 0.391 e. The molecule has 61 heavy (non-hydrogen) atoms. The molecule has 16 nitrogen and oxygen atoms in total. The van der Waals surface area contributed by atoms with E-state index in [1.54, 1.807) is 11.3 Å². The van der Waals surface area contributed by atoms with Gasteiger partial charge in [0.05, 0.1) is 59.4 Å². The molecule has 0 saturated carbocycles. The summed E-state index contributed by atoms with van der Waals surface area (Å²) in [5.74, 6) is -1.02. The highest BCUT2D eigenvalue weighted by Gasteiger charge is 2.44. The van der Waals surface area contributed by atoms with Crippen LogP contribution >= 0.6 is 22.9 Å². The number of β-amino-alcohol motifs (C(OH)–C–C–N with tert-alkyl or cyclic N) is 1. The normalized spacial score (nSPS) is 15.9. The van der Waals surface area contributed by atoms with E-state index in [1.807, 2.05) is 92.5 Å². The molecule has 0 radical (unpaired) electrons. The fraction of sp³-hybridized carbons (Fsp3) is 0.372. The van der Waals surface area contributed by atoms with Crippen molar-refractivity contribution < 1.29 is 29.0 Å². The number of thiazole rings is 1. The number of hydrogen-bond donors (Lipinski definition) is 5. The molecule has 1 fully saturated rings. The van der Waals surface area contributed by atoms with Gasteiger partial charge in [-0.2, -0.15) is 0 Å². The number of hydrogen-bond acceptors (Lipinski definition) is 12. The van der Waals surface area contributed by atoms with Gasteiger partial charge >= 0.3 is 0 Å². The molecule has 4 aromatic heterocycles. The van der Waals surface area contributed by atoms with E-state index in [1.165, 1.54) is 17.3 Å². The van der Waals surface area contributed by atoms with Gasteiger partial charge in [-0.05, 0) is 41.7 Å². The summed E-state index contributed by atoms with van der Waals surface area (Å²) >= 11 is 7.79. The Kier molecular flexibility index (Phi) is 13.4. The van der Waals surface area contributed by atoms with Crippen molar-refractivity contribution in [1.29, 1.82) is 0 Å². The fourth-order valence-corrected chi connectivity index (χ4v) is 8.34. The number of benzene rings is 2. The molecule has 3 atom stereocenters. The number of aliphatic hydroxyl groups excluding tert-OH is 1. The van der Waals surface area contributed by atoms with E-state index in [0.717, 1.165) is 38.3 Å². The van der Waals surface area contributed by atoms with E-state index >= 15 is 0 Å². The van der Waals surface area contributed by atoms with Gasteiger partial charge in [-0.1, -0.05) is 62.7 Å². The van der Waals surface area contributed by atoms with Crippen LogP contribution < -0.4 is 21.5 Å². The van der Waals surface area contributed by atoms with Crippen molar-refractivity contribution in [1.82, 2.24) is 40.0 Å². The second-order valence-corrected chi connectivity index (χ2v) is 17.1. The Morgan fingerprint density at radius 2 is 1.85 bits per heavy atom. The number of halogens is 1. The lowest BCUT2D eigenvalue weighted by atomic mass is 9.85. The number of aromatic nitrogens is 5. The van der Waals surface area contributed by atoms with Crippen LogP contribution in [0.4, 0.5) is 11.5 Å². The molecular weight excluding hydrogens is 822 g/mol. The standard InChI is InChI=1S/C43H48ClN9O7S/c1-25-37(61-24-48-25)27-10-8-26(9-11-27)20-45-40(56)33-18-28(54)21-53(33)42(58)38(43(2,3)4)51-35(55)22-60-17-16-59-15-14-52-13-12-29-30(6-5-7-32(29)52)49-39-36-31(19-34(44)50-39)46-23-47-41(36)57/h5-13,19,23-24,28,33,38,54H,14-18,20-22H2,1-4H3,(H,45,56)(H,49,50)(H,51,55)(H,46,47,57)/t28-,33+,38?/m1/s1. The summed E-state index contributed by atoms with van der Waals surface area (Å²) in [6.45, 7) is 8.66. The summed E-state index contributed by atoms with van der Waals surface area (Å²) in [6, 6.07) is 15.2. The third-order valence-electron chi connectivity index (χ3n) is 10.5. The first-order valence-corrected chi connectivity index (χ1v) is 21.1. The number of amides is 3. The SMILES string of the molecule is Cc1ncsc1-c1ccc(CNC(=O)[C@@H]2C[C@@H](O)CN2C(=O)C(NC(=O)COCCOCCn2ccc3c(Nc4nc(Cl)cc5nc[nH]c(=O)c45)cccc32)C(C)(C)C)cc1. The van der Waals surface area contributed by atoms with Crippen molar-refractivity contribution in [2.24, 2.45) is 5.41 Å². The molecular formula is C43H48ClN9O7S. The number of ether oxygens (including phenoxy) is 2. The second-order valence-electron chi connectivity index (χ2n) is 15.9. The van der Waals surface area contributed by atoms with Crippen LogP contribution in [0.15, 0.2) is 77.4 Å². The molecule has 1 aliphatic heterocycles. The topological polar surface area (TPSA) is 206 Å². The van der Waals surface area contributed by atoms with Gasteiger partial charge < -0.3 is 45.0 Å². The molecule has 7 rings (SSSR count). The van der Waals surface area contributed by atoms with Crippen molar-refractivity contribution >= 4 is 74.0 Å². The highest BCUT2D eigenvalue weighted by atomic mass is 35.5. The third kappa shape index (κ3) is 10.3. The number of fused-ring (bicyclic) bond motifs is 2. The summed E-state index contributed by atoms with van der Waals surface area (Å²) in [5, 5.41) is 20.9. The van der Waals surface area contributed by atoms with Crippen molar-refractivity contribution in [3.05, 3.63) is 99.4 Å². The molecule has 2 aromatic carbocycles. The average Bonchev–Trinajstić information content (AvgIpc) is 3.96. The lowest BCUT2D eigenvalue weighted by molar-refractivity contribution is -0.144. The second kappa shape index (κ2) is 18.9. The number of aromatic amines is 1. The van der Waals surface area contributed by atoms with Crippen LogP contribution in [-0.2, 0) is 36.9 Å². The molecule has 0 bridgehead atoms. The lowest BCUT2D eigenvalue weighted by Gasteiger charge is -2.35. The number of anilines is 2. The predicted octanol–water partition coefficient (Wildman–Crippen LogP) is 4.94. The van der Waals surface area contributed by atoms with Gasteiger partial charge in [0.15, 0.2) is 0 Å². The maximum absolute atomic E-state index is 14.0. The number of aliphatic hydroxyl groups is 1. The first-order chi connectivity index (χ1) is 29.3. The van der Waals surface area contributed by atoms with Gasteiger partial charge in [0.25, 0.3) is 5.56 Å². The van der Waals surface area contributed by atoms with Crippen molar-refractivity contribution in [3.8, 4) is 10.4 Å². The number of H-pyrrole nitrogens is 1. The van der Waals surface area contributed by atoms with Crippen LogP contribution in [0, 0.1) is 12.3 Å². The molecule has 320 valence electrons. The fourth-order valence-electron chi connectivity index (χ4n) is 7.34. The molecule has 1 saturated heterocycles. The number of likely N-dealkylation sites (tertiary alicyclic amines) is 1. The minimum absolute atomic E-state index is 0.0228. The van der Waals surface area contributed by atoms with Crippen LogP contribution in [-0.4, -0.2) is 103 Å². The lowest BCUT2D eigenvalue weighted by Crippen LogP contribution is -2.58. The molecule has 5 N–H and O–H groups in total. The van der Waals surface area contributed by atoms with E-state index in [4.69, 9.17) is 21.1 Å². The zero-order valence-electron chi connectivity index (χ0n) is 34.2. The number of aryl methyl sites for hydroxylation is 1. The quantitative estimate of drug-likeness (QED) is 0.0651. The summed E-state index contributed by atoms with van der Waals surface area (Å²) in [5.41, 5.74) is 5.76. The number of rotatable bonds is 16. The van der Waals surface area contributed by atoms with Crippen LogP contribution in [0.1, 0.15) is 38.4 Å². The molecule has 1 aliphatic rings. The van der Waals surface area contributed by atoms with Crippen molar-refractivity contribution in [3.63, 3.8) is 0 Å². The van der Waals surface area contributed by atoms with Gasteiger partial charge in [0.2, 0.25) is 17.7 Å². The van der Waals surface area contributed by atoms with Gasteiger partial charge in [-0.15, -0.1) is 11.3 Å². The Morgan fingerprint density at radius 1 is 1.07 bits per heavy atom. The monoisotopic (exact) mass is 869 g/mol. The Bertz CT molecular complexity index is 2590. The number of pyridine rings is 1. The zero-order valence-corrected chi connectivity index (χ0v) is 35.8. The van der Waals surface area contributed by atoms with Crippen LogP contribution in [0.5, 0.6) is 0 Å². The summed E-state index contributed by atoms with van der Waals surface area (Å²) in [6.07, 6.45) is 2.47. The summed E-state index contributed by atoms with van der Waals surface area (Å²) in [7, 11) is 0. The molecule has 5 heterocycles. The predicted molar refractivity (Wildman–Crippen MR) is 234 cm³/mol. The van der Waals surface area contributed by atoms with Gasteiger partial charge in [-0.3, -0.25) is 19.2 Å². The third-order valence-corrected chi connectivity index (χ3v) is 11.6. The van der Waals surface area contributed by atoms with E-state index in [9.17, 15) is 24.3 Å². The smallest absolute Gasteiger partial charge is 0.262 e. The molecule has 3 amide bonds. The van der Waals surface area contributed by atoms with E-state index in [0.29, 0.717) is 29.9 Å². The minimum Gasteiger partial charge on any atom is -0.391 e. The van der Waals surface area contributed by atoms with E-state index in [-0.39, 0.29) is 56.0 Å².